The fraction of sp³-hybridized carbons (Fsp3) is 1.00. The van der Waals surface area contributed by atoms with Crippen molar-refractivity contribution in [3.8, 4) is 0 Å². The van der Waals surface area contributed by atoms with Crippen LogP contribution in [0.4, 0.5) is 8.78 Å². The van der Waals surface area contributed by atoms with Crippen LogP contribution in [0.5, 0.6) is 0 Å². The predicted molar refractivity (Wildman–Crippen MR) is 56.2 cm³/mol. The van der Waals surface area contributed by atoms with Crippen LogP contribution < -0.4 is 5.32 Å². The van der Waals surface area contributed by atoms with Crippen molar-refractivity contribution in [2.75, 3.05) is 19.6 Å². The number of nitrogens with zero attached hydrogens (tertiary/aromatic N) is 1. The first-order valence-electron chi connectivity index (χ1n) is 5.89. The molecule has 0 saturated carbocycles. The van der Waals surface area contributed by atoms with Crippen LogP contribution in [-0.2, 0) is 0 Å². The Morgan fingerprint density at radius 3 is 2.87 bits per heavy atom. The summed E-state index contributed by atoms with van der Waals surface area (Å²) in [4.78, 5) is 2.01. The lowest BCUT2D eigenvalue weighted by atomic mass is 9.85. The number of likely N-dealkylation sites (tertiary alicyclic amines) is 1. The molecule has 88 valence electrons. The Labute approximate surface area is 90.0 Å². The molecule has 4 heteroatoms. The zero-order valence-electron chi connectivity index (χ0n) is 9.31. The maximum absolute atomic E-state index is 12.4. The average Bonchev–Trinajstić information content (AvgIpc) is 2.54. The topological polar surface area (TPSA) is 15.3 Å². The molecular weight excluding hydrogens is 198 g/mol. The Morgan fingerprint density at radius 1 is 1.47 bits per heavy atom. The Morgan fingerprint density at radius 2 is 2.27 bits per heavy atom. The third-order valence-corrected chi connectivity index (χ3v) is 3.92. The van der Waals surface area contributed by atoms with E-state index in [1.165, 1.54) is 0 Å². The summed E-state index contributed by atoms with van der Waals surface area (Å²) in [7, 11) is 0. The van der Waals surface area contributed by atoms with Crippen LogP contribution in [-0.4, -0.2) is 42.5 Å². The summed E-state index contributed by atoms with van der Waals surface area (Å²) >= 11 is 0. The van der Waals surface area contributed by atoms with E-state index in [1.54, 1.807) is 0 Å². The molecule has 2 aliphatic rings. The number of hydrogen-bond donors (Lipinski definition) is 1. The highest BCUT2D eigenvalue weighted by molar-refractivity contribution is 5.01. The van der Waals surface area contributed by atoms with E-state index >= 15 is 0 Å². The van der Waals surface area contributed by atoms with E-state index in [-0.39, 0.29) is 12.1 Å². The Hall–Kier alpha value is -0.220. The summed E-state index contributed by atoms with van der Waals surface area (Å²) in [6.45, 7) is 3.86. The number of halogens is 2. The number of nitrogens with one attached hydrogen (secondary N) is 1. The van der Waals surface area contributed by atoms with Gasteiger partial charge in [-0.05, 0) is 39.2 Å². The van der Waals surface area contributed by atoms with E-state index in [2.05, 4.69) is 12.2 Å². The Bertz CT molecular complexity index is 213. The fourth-order valence-electron chi connectivity index (χ4n) is 2.97. The molecule has 2 rings (SSSR count). The van der Waals surface area contributed by atoms with Crippen molar-refractivity contribution in [2.24, 2.45) is 0 Å². The molecule has 1 N–H and O–H groups in total. The lowest BCUT2D eigenvalue weighted by Gasteiger charge is -2.43. The minimum Gasteiger partial charge on any atom is -0.312 e. The average molecular weight is 218 g/mol. The molecule has 0 aromatic carbocycles. The largest absolute Gasteiger partial charge is 0.312 e. The Kier molecular flexibility index (Phi) is 3.26. The molecule has 0 bridgehead atoms. The highest BCUT2D eigenvalue weighted by Crippen LogP contribution is 2.36. The van der Waals surface area contributed by atoms with Crippen molar-refractivity contribution in [1.29, 1.82) is 0 Å². The van der Waals surface area contributed by atoms with Gasteiger partial charge in [0.25, 0.3) is 6.43 Å². The minimum absolute atomic E-state index is 0.0446. The van der Waals surface area contributed by atoms with Gasteiger partial charge in [0.05, 0.1) is 6.54 Å². The summed E-state index contributed by atoms with van der Waals surface area (Å²) < 4.78 is 24.9. The Balaban J connectivity index is 1.99. The molecule has 1 spiro atoms. The van der Waals surface area contributed by atoms with Gasteiger partial charge >= 0.3 is 0 Å². The summed E-state index contributed by atoms with van der Waals surface area (Å²) in [6, 6.07) is 0.546. The highest BCUT2D eigenvalue weighted by atomic mass is 19.3. The second kappa shape index (κ2) is 4.34. The summed E-state index contributed by atoms with van der Waals surface area (Å²) in [6.07, 6.45) is 2.15. The van der Waals surface area contributed by atoms with Gasteiger partial charge in [0, 0.05) is 18.1 Å². The molecule has 0 aliphatic carbocycles. The third-order valence-electron chi connectivity index (χ3n) is 3.92. The van der Waals surface area contributed by atoms with Crippen LogP contribution in [0.2, 0.25) is 0 Å². The third kappa shape index (κ3) is 2.31. The summed E-state index contributed by atoms with van der Waals surface area (Å²) in [5.41, 5.74) is 0.0446. The van der Waals surface area contributed by atoms with E-state index in [0.717, 1.165) is 38.8 Å². The molecule has 2 nitrogen and oxygen atoms in total. The van der Waals surface area contributed by atoms with Gasteiger partial charge in [-0.2, -0.15) is 0 Å². The molecule has 0 radical (unpaired) electrons. The van der Waals surface area contributed by atoms with Crippen molar-refractivity contribution >= 4 is 0 Å². The number of piperidine rings is 1. The molecule has 2 saturated heterocycles. The van der Waals surface area contributed by atoms with Crippen molar-refractivity contribution in [1.82, 2.24) is 10.2 Å². The molecule has 2 heterocycles. The molecule has 15 heavy (non-hydrogen) atoms. The summed E-state index contributed by atoms with van der Waals surface area (Å²) in [5, 5.41) is 3.43. The predicted octanol–water partition coefficient (Wildman–Crippen LogP) is 1.86. The van der Waals surface area contributed by atoms with Crippen molar-refractivity contribution in [3.05, 3.63) is 0 Å². The molecule has 2 fully saturated rings. The van der Waals surface area contributed by atoms with Gasteiger partial charge in [-0.25, -0.2) is 8.78 Å². The normalized spacial score (nSPS) is 38.0. The second-order valence-electron chi connectivity index (χ2n) is 4.99. The quantitative estimate of drug-likeness (QED) is 0.761. The van der Waals surface area contributed by atoms with Crippen LogP contribution in [0.25, 0.3) is 0 Å². The standard InChI is InChI=1S/C11H20F2N2/c1-9-3-5-11(8-14-9)4-2-6-15(11)7-10(12)13/h9-10,14H,2-8H2,1H3. The molecule has 0 amide bonds. The van der Waals surface area contributed by atoms with Gasteiger partial charge in [-0.3, -0.25) is 4.90 Å². The molecule has 2 atom stereocenters. The maximum Gasteiger partial charge on any atom is 0.251 e. The van der Waals surface area contributed by atoms with Crippen molar-refractivity contribution < 1.29 is 8.78 Å². The van der Waals surface area contributed by atoms with Crippen LogP contribution >= 0.6 is 0 Å². The van der Waals surface area contributed by atoms with Gasteiger partial charge in [0.1, 0.15) is 0 Å². The van der Waals surface area contributed by atoms with Crippen molar-refractivity contribution in [3.63, 3.8) is 0 Å². The molecular formula is C11H20F2N2. The molecule has 0 aromatic heterocycles. The zero-order chi connectivity index (χ0) is 10.9. The van der Waals surface area contributed by atoms with E-state index in [0.29, 0.717) is 6.04 Å². The minimum atomic E-state index is -2.20. The van der Waals surface area contributed by atoms with Crippen molar-refractivity contribution in [2.45, 2.75) is 50.6 Å². The zero-order valence-corrected chi connectivity index (χ0v) is 9.31. The SMILES string of the molecule is CC1CCC2(CCCN2CC(F)F)CN1. The van der Waals surface area contributed by atoms with Gasteiger partial charge in [0.2, 0.25) is 0 Å². The van der Waals surface area contributed by atoms with Gasteiger partial charge in [-0.1, -0.05) is 0 Å². The number of rotatable bonds is 2. The van der Waals surface area contributed by atoms with E-state index < -0.39 is 6.43 Å². The number of alkyl halides is 2. The highest BCUT2D eigenvalue weighted by Gasteiger charge is 2.43. The maximum atomic E-state index is 12.4. The van der Waals surface area contributed by atoms with Gasteiger partial charge in [0.15, 0.2) is 0 Å². The van der Waals surface area contributed by atoms with E-state index in [4.69, 9.17) is 0 Å². The van der Waals surface area contributed by atoms with Crippen LogP contribution in [0, 0.1) is 0 Å². The van der Waals surface area contributed by atoms with Gasteiger partial charge in [-0.15, -0.1) is 0 Å². The fourth-order valence-corrected chi connectivity index (χ4v) is 2.97. The molecule has 2 aliphatic heterocycles. The first-order valence-corrected chi connectivity index (χ1v) is 5.89. The first-order chi connectivity index (χ1) is 7.12. The first kappa shape index (κ1) is 11.3. The van der Waals surface area contributed by atoms with E-state index in [9.17, 15) is 8.78 Å². The number of hydrogen-bond acceptors (Lipinski definition) is 2. The van der Waals surface area contributed by atoms with E-state index in [1.807, 2.05) is 4.90 Å². The summed E-state index contributed by atoms with van der Waals surface area (Å²) in [5.74, 6) is 0. The lowest BCUT2D eigenvalue weighted by Crippen LogP contribution is -2.57. The van der Waals surface area contributed by atoms with Crippen LogP contribution in [0.3, 0.4) is 0 Å². The molecule has 2 unspecified atom stereocenters. The van der Waals surface area contributed by atoms with Gasteiger partial charge < -0.3 is 5.32 Å². The second-order valence-corrected chi connectivity index (χ2v) is 4.99. The molecule has 0 aromatic rings. The lowest BCUT2D eigenvalue weighted by molar-refractivity contribution is 0.0280. The monoisotopic (exact) mass is 218 g/mol. The van der Waals surface area contributed by atoms with Crippen LogP contribution in [0.1, 0.15) is 32.6 Å². The smallest absolute Gasteiger partial charge is 0.251 e. The van der Waals surface area contributed by atoms with Crippen LogP contribution in [0.15, 0.2) is 0 Å².